The first-order valence-corrected chi connectivity index (χ1v) is 6.73. The van der Waals surface area contributed by atoms with Crippen molar-refractivity contribution < 1.29 is 19.4 Å². The quantitative estimate of drug-likeness (QED) is 0.638. The van der Waals surface area contributed by atoms with E-state index in [4.69, 9.17) is 9.47 Å². The van der Waals surface area contributed by atoms with Gasteiger partial charge >= 0.3 is 0 Å². The average Bonchev–Trinajstić information content (AvgIpc) is 2.37. The summed E-state index contributed by atoms with van der Waals surface area (Å²) in [6.07, 6.45) is 1.24. The Morgan fingerprint density at radius 1 is 1.35 bits per heavy atom. The second-order valence-corrected chi connectivity index (χ2v) is 5.40. The molecule has 1 aromatic rings. The molecule has 0 saturated carbocycles. The zero-order chi connectivity index (χ0) is 14.8. The molecule has 1 fully saturated rings. The van der Waals surface area contributed by atoms with Gasteiger partial charge in [0.25, 0.3) is 0 Å². The highest BCUT2D eigenvalue weighted by atomic mass is 16.6. The Hall–Kier alpha value is -1.59. The number of rotatable bonds is 6. The molecule has 1 saturated heterocycles. The van der Waals surface area contributed by atoms with E-state index in [1.54, 1.807) is 25.9 Å². The van der Waals surface area contributed by atoms with Crippen molar-refractivity contribution >= 4 is 11.6 Å². The third-order valence-electron chi connectivity index (χ3n) is 3.30. The molecule has 1 aliphatic rings. The second kappa shape index (κ2) is 5.81. The minimum Gasteiger partial charge on any atom is -0.497 e. The number of ether oxygens (including phenoxy) is 2. The Balaban J connectivity index is 1.93. The summed E-state index contributed by atoms with van der Waals surface area (Å²) in [6.45, 7) is 3.62. The number of β-lactam (4-membered cyclic amide) rings is 1. The lowest BCUT2D eigenvalue weighted by atomic mass is 9.97. The molecule has 110 valence electrons. The fraction of sp³-hybridized carbons (Fsp3) is 0.533. The molecule has 0 aliphatic carbocycles. The number of anilines is 1. The summed E-state index contributed by atoms with van der Waals surface area (Å²) in [5.74, 6) is -0.245. The van der Waals surface area contributed by atoms with E-state index < -0.39 is 5.79 Å². The van der Waals surface area contributed by atoms with Crippen LogP contribution in [-0.4, -0.2) is 36.6 Å². The second-order valence-electron chi connectivity index (χ2n) is 5.40. The molecule has 1 aromatic carbocycles. The van der Waals surface area contributed by atoms with E-state index in [0.717, 1.165) is 11.4 Å². The number of benzene rings is 1. The number of amides is 1. The summed E-state index contributed by atoms with van der Waals surface area (Å²) in [7, 11) is 1.61. The fourth-order valence-electron chi connectivity index (χ4n) is 2.26. The first-order chi connectivity index (χ1) is 9.40. The molecule has 20 heavy (non-hydrogen) atoms. The van der Waals surface area contributed by atoms with Gasteiger partial charge in [0.15, 0.2) is 5.79 Å². The maximum absolute atomic E-state index is 11.8. The zero-order valence-electron chi connectivity index (χ0n) is 12.1. The molecule has 1 aliphatic heterocycles. The third kappa shape index (κ3) is 3.49. The monoisotopic (exact) mass is 279 g/mol. The largest absolute Gasteiger partial charge is 0.497 e. The van der Waals surface area contributed by atoms with Gasteiger partial charge in [-0.25, -0.2) is 0 Å². The molecule has 1 N–H and O–H groups in total. The predicted molar refractivity (Wildman–Crippen MR) is 75.8 cm³/mol. The minimum absolute atomic E-state index is 0.114. The zero-order valence-corrected chi connectivity index (χ0v) is 12.1. The number of carbonyl (C=O) groups is 1. The number of hydrogen-bond acceptors (Lipinski definition) is 4. The molecule has 2 rings (SSSR count). The molecular formula is C15H21NO4. The molecule has 1 heterocycles. The van der Waals surface area contributed by atoms with Gasteiger partial charge in [-0.15, -0.1) is 0 Å². The first-order valence-electron chi connectivity index (χ1n) is 6.73. The maximum atomic E-state index is 11.8. The first kappa shape index (κ1) is 14.8. The predicted octanol–water partition coefficient (Wildman–Crippen LogP) is 1.94. The van der Waals surface area contributed by atoms with E-state index in [0.29, 0.717) is 19.4 Å². The van der Waals surface area contributed by atoms with Crippen LogP contribution in [0.1, 0.15) is 26.7 Å². The minimum atomic E-state index is -1.13. The van der Waals surface area contributed by atoms with Crippen LogP contribution in [0.4, 0.5) is 5.69 Å². The smallest absolute Gasteiger partial charge is 0.229 e. The maximum Gasteiger partial charge on any atom is 0.229 e. The van der Waals surface area contributed by atoms with Crippen LogP contribution >= 0.6 is 0 Å². The van der Waals surface area contributed by atoms with E-state index >= 15 is 0 Å². The van der Waals surface area contributed by atoms with Crippen LogP contribution in [0.25, 0.3) is 0 Å². The number of carbonyl (C=O) groups excluding carboxylic acids is 1. The molecule has 0 spiro atoms. The lowest BCUT2D eigenvalue weighted by molar-refractivity contribution is -0.177. The number of methoxy groups -OCH3 is 1. The van der Waals surface area contributed by atoms with Gasteiger partial charge in [-0.3, -0.25) is 4.79 Å². The molecule has 5 nitrogen and oxygen atoms in total. The highest BCUT2D eigenvalue weighted by Crippen LogP contribution is 2.31. The molecule has 1 amide bonds. The van der Waals surface area contributed by atoms with Gasteiger partial charge in [-0.2, -0.15) is 0 Å². The third-order valence-corrected chi connectivity index (χ3v) is 3.30. The molecule has 0 unspecified atom stereocenters. The lowest BCUT2D eigenvalue weighted by Gasteiger charge is -2.40. The van der Waals surface area contributed by atoms with Crippen LogP contribution in [0.15, 0.2) is 24.3 Å². The Labute approximate surface area is 119 Å². The Kier molecular flexibility index (Phi) is 4.30. The average molecular weight is 279 g/mol. The van der Waals surface area contributed by atoms with Gasteiger partial charge < -0.3 is 19.5 Å². The van der Waals surface area contributed by atoms with E-state index in [-0.39, 0.29) is 11.9 Å². The van der Waals surface area contributed by atoms with Crippen LogP contribution in [0, 0.1) is 0 Å². The van der Waals surface area contributed by atoms with Crippen molar-refractivity contribution in [1.82, 2.24) is 0 Å². The highest BCUT2D eigenvalue weighted by Gasteiger charge is 2.36. The van der Waals surface area contributed by atoms with Crippen molar-refractivity contribution in [3.05, 3.63) is 24.3 Å². The molecule has 0 radical (unpaired) electrons. The van der Waals surface area contributed by atoms with Gasteiger partial charge in [0, 0.05) is 18.2 Å². The topological polar surface area (TPSA) is 59.0 Å². The van der Waals surface area contributed by atoms with E-state index in [1.807, 2.05) is 24.3 Å². The number of aliphatic hydroxyl groups is 1. The Morgan fingerprint density at radius 2 is 2.00 bits per heavy atom. The lowest BCUT2D eigenvalue weighted by Crippen LogP contribution is -2.53. The fourth-order valence-corrected chi connectivity index (χ4v) is 2.26. The van der Waals surface area contributed by atoms with Crippen molar-refractivity contribution in [3.63, 3.8) is 0 Å². The van der Waals surface area contributed by atoms with Gasteiger partial charge in [0.1, 0.15) is 5.75 Å². The summed E-state index contributed by atoms with van der Waals surface area (Å²) < 4.78 is 10.4. The van der Waals surface area contributed by atoms with Crippen LogP contribution in [0.3, 0.4) is 0 Å². The Bertz CT molecular complexity index is 464. The normalized spacial score (nSPS) is 18.9. The summed E-state index contributed by atoms with van der Waals surface area (Å²) in [6, 6.07) is 7.56. The molecule has 0 aromatic heterocycles. The molecule has 1 atom stereocenters. The molecule has 0 bridgehead atoms. The van der Waals surface area contributed by atoms with Crippen molar-refractivity contribution in [2.75, 3.05) is 18.6 Å². The SMILES string of the molecule is COc1ccc(N2C(=O)C[C@@H]2CCOC(C)(C)O)cc1. The van der Waals surface area contributed by atoms with Crippen molar-refractivity contribution in [2.24, 2.45) is 0 Å². The summed E-state index contributed by atoms with van der Waals surface area (Å²) in [5, 5.41) is 9.50. The number of nitrogens with zero attached hydrogens (tertiary/aromatic N) is 1. The van der Waals surface area contributed by atoms with E-state index in [1.165, 1.54) is 0 Å². The van der Waals surface area contributed by atoms with Gasteiger partial charge in [0.2, 0.25) is 5.91 Å². The molecule has 5 heteroatoms. The summed E-state index contributed by atoms with van der Waals surface area (Å²) in [4.78, 5) is 13.5. The standard InChI is InChI=1S/C15H21NO4/c1-15(2,18)20-9-8-12-10-14(17)16(12)11-4-6-13(19-3)7-5-11/h4-7,12,18H,8-10H2,1-3H3/t12-/m0/s1. The van der Waals surface area contributed by atoms with Crippen LogP contribution in [-0.2, 0) is 9.53 Å². The van der Waals surface area contributed by atoms with Gasteiger partial charge in [0.05, 0.1) is 13.7 Å². The highest BCUT2D eigenvalue weighted by molar-refractivity contribution is 6.00. The van der Waals surface area contributed by atoms with E-state index in [9.17, 15) is 9.90 Å². The van der Waals surface area contributed by atoms with Gasteiger partial charge in [-0.05, 0) is 44.5 Å². The van der Waals surface area contributed by atoms with Crippen LogP contribution in [0.2, 0.25) is 0 Å². The van der Waals surface area contributed by atoms with Crippen LogP contribution in [0.5, 0.6) is 5.75 Å². The van der Waals surface area contributed by atoms with Crippen molar-refractivity contribution in [3.8, 4) is 5.75 Å². The van der Waals surface area contributed by atoms with Crippen molar-refractivity contribution in [1.29, 1.82) is 0 Å². The van der Waals surface area contributed by atoms with Gasteiger partial charge in [-0.1, -0.05) is 0 Å². The summed E-state index contributed by atoms with van der Waals surface area (Å²) in [5.41, 5.74) is 0.871. The number of hydrogen-bond donors (Lipinski definition) is 1. The Morgan fingerprint density at radius 3 is 2.50 bits per heavy atom. The van der Waals surface area contributed by atoms with Crippen LogP contribution < -0.4 is 9.64 Å². The molecular weight excluding hydrogens is 258 g/mol. The summed E-state index contributed by atoms with van der Waals surface area (Å²) >= 11 is 0. The van der Waals surface area contributed by atoms with Crippen molar-refractivity contribution in [2.45, 2.75) is 38.5 Å². The van der Waals surface area contributed by atoms with E-state index in [2.05, 4.69) is 0 Å².